The van der Waals surface area contributed by atoms with Crippen molar-refractivity contribution in [3.63, 3.8) is 0 Å². The molecule has 4 heterocycles. The molecule has 2 bridgehead atoms. The molecule has 2 aromatic heterocycles. The lowest BCUT2D eigenvalue weighted by Gasteiger charge is -2.42. The van der Waals surface area contributed by atoms with Gasteiger partial charge in [-0.3, -0.25) is 9.59 Å². The molecule has 5 rings (SSSR count). The lowest BCUT2D eigenvalue weighted by Crippen LogP contribution is -2.50. The third kappa shape index (κ3) is 3.30. The molecule has 0 spiro atoms. The number of aromatic nitrogens is 1. The highest BCUT2D eigenvalue weighted by Crippen LogP contribution is 2.35. The fraction of sp³-hybridized carbons (Fsp3) is 0.348. The van der Waals surface area contributed by atoms with E-state index in [-0.39, 0.29) is 29.9 Å². The number of ether oxygens (including phenoxy) is 1. The molecular formula is C23H22N2O5. The standard InChI is InChI=1S/C23H22N2O5/c1-14-7-23(28)30-20-9-17(5-6-18(14)20)29-13-22(27)24-10-15-8-16(12-24)19-3-2-4-21(26)25(19)11-15/h2-7,9,15-16H,8,10-13H2,1H3/t15-,16?/m1/s1. The number of likely N-dealkylation sites (tertiary alicyclic amines) is 1. The maximum atomic E-state index is 12.8. The Morgan fingerprint density at radius 1 is 1.13 bits per heavy atom. The summed E-state index contributed by atoms with van der Waals surface area (Å²) in [6, 6.07) is 12.1. The molecule has 2 aliphatic heterocycles. The molecule has 0 aliphatic carbocycles. The number of benzene rings is 1. The molecule has 1 amide bonds. The molecule has 3 aromatic rings. The van der Waals surface area contributed by atoms with Gasteiger partial charge in [0.1, 0.15) is 11.3 Å². The van der Waals surface area contributed by atoms with Crippen molar-refractivity contribution in [2.24, 2.45) is 5.92 Å². The fourth-order valence-electron chi connectivity index (χ4n) is 4.73. The Bertz CT molecular complexity index is 1260. The maximum absolute atomic E-state index is 12.8. The maximum Gasteiger partial charge on any atom is 0.336 e. The number of piperidine rings is 1. The topological polar surface area (TPSA) is 81.8 Å². The summed E-state index contributed by atoms with van der Waals surface area (Å²) in [5.41, 5.74) is 1.91. The summed E-state index contributed by atoms with van der Waals surface area (Å²) in [6.07, 6.45) is 0.997. The van der Waals surface area contributed by atoms with Crippen molar-refractivity contribution < 1.29 is 13.9 Å². The van der Waals surface area contributed by atoms with Crippen LogP contribution in [0, 0.1) is 12.8 Å². The van der Waals surface area contributed by atoms with E-state index in [1.807, 2.05) is 28.5 Å². The lowest BCUT2D eigenvalue weighted by molar-refractivity contribution is -0.136. The minimum atomic E-state index is -0.410. The first-order valence-corrected chi connectivity index (χ1v) is 10.1. The van der Waals surface area contributed by atoms with E-state index in [1.165, 1.54) is 6.07 Å². The molecule has 30 heavy (non-hydrogen) atoms. The summed E-state index contributed by atoms with van der Waals surface area (Å²) >= 11 is 0. The number of hydrogen-bond donors (Lipinski definition) is 0. The van der Waals surface area contributed by atoms with Crippen LogP contribution in [0.4, 0.5) is 0 Å². The Balaban J connectivity index is 1.29. The van der Waals surface area contributed by atoms with Gasteiger partial charge in [-0.15, -0.1) is 0 Å². The Morgan fingerprint density at radius 2 is 2.00 bits per heavy atom. The van der Waals surface area contributed by atoms with E-state index >= 15 is 0 Å². The van der Waals surface area contributed by atoms with Gasteiger partial charge in [0.25, 0.3) is 11.5 Å². The van der Waals surface area contributed by atoms with E-state index in [9.17, 15) is 14.4 Å². The van der Waals surface area contributed by atoms with Gasteiger partial charge in [0.2, 0.25) is 0 Å². The van der Waals surface area contributed by atoms with Crippen LogP contribution in [-0.4, -0.2) is 35.1 Å². The van der Waals surface area contributed by atoms with E-state index in [2.05, 4.69) is 0 Å². The largest absolute Gasteiger partial charge is 0.484 e. The molecular weight excluding hydrogens is 384 g/mol. The lowest BCUT2D eigenvalue weighted by atomic mass is 9.83. The van der Waals surface area contributed by atoms with Crippen molar-refractivity contribution in [2.45, 2.75) is 25.8 Å². The summed E-state index contributed by atoms with van der Waals surface area (Å²) in [7, 11) is 0. The molecule has 154 valence electrons. The van der Waals surface area contributed by atoms with Crippen LogP contribution in [-0.2, 0) is 11.3 Å². The van der Waals surface area contributed by atoms with Gasteiger partial charge in [-0.25, -0.2) is 4.79 Å². The van der Waals surface area contributed by atoms with E-state index < -0.39 is 5.63 Å². The Kier molecular flexibility index (Phi) is 4.46. The number of amides is 1. The van der Waals surface area contributed by atoms with Crippen LogP contribution in [0.5, 0.6) is 5.75 Å². The summed E-state index contributed by atoms with van der Waals surface area (Å²) in [5.74, 6) is 0.854. The first-order chi connectivity index (χ1) is 14.5. The second kappa shape index (κ2) is 7.16. The van der Waals surface area contributed by atoms with Gasteiger partial charge in [-0.1, -0.05) is 6.07 Å². The minimum Gasteiger partial charge on any atom is -0.484 e. The molecule has 1 unspecified atom stereocenters. The third-order valence-corrected chi connectivity index (χ3v) is 6.12. The molecule has 1 fully saturated rings. The average molecular weight is 406 g/mol. The van der Waals surface area contributed by atoms with Crippen molar-refractivity contribution >= 4 is 16.9 Å². The fourth-order valence-corrected chi connectivity index (χ4v) is 4.73. The normalized spacial score (nSPS) is 20.1. The number of carbonyl (C=O) groups excluding carboxylic acids is 1. The Morgan fingerprint density at radius 3 is 2.87 bits per heavy atom. The molecule has 0 radical (unpaired) electrons. The summed E-state index contributed by atoms with van der Waals surface area (Å²) < 4.78 is 12.8. The summed E-state index contributed by atoms with van der Waals surface area (Å²) in [4.78, 5) is 38.4. The first-order valence-electron chi connectivity index (χ1n) is 10.1. The van der Waals surface area contributed by atoms with Crippen LogP contribution < -0.4 is 15.9 Å². The van der Waals surface area contributed by atoms with Gasteiger partial charge in [-0.2, -0.15) is 0 Å². The molecule has 7 nitrogen and oxygen atoms in total. The van der Waals surface area contributed by atoms with Crippen LogP contribution >= 0.6 is 0 Å². The van der Waals surface area contributed by atoms with Gasteiger partial charge < -0.3 is 18.6 Å². The second-order valence-corrected chi connectivity index (χ2v) is 8.19. The van der Waals surface area contributed by atoms with Crippen molar-refractivity contribution in [2.75, 3.05) is 19.7 Å². The zero-order chi connectivity index (χ0) is 20.8. The Hall–Kier alpha value is -3.35. The SMILES string of the molecule is Cc1cc(=O)oc2cc(OCC(=O)N3CC4C[C@H](C3)Cn3c4cccc3=O)ccc12. The minimum absolute atomic E-state index is 0.0310. The van der Waals surface area contributed by atoms with Crippen LogP contribution in [0.15, 0.2) is 56.5 Å². The molecule has 2 atom stereocenters. The molecule has 2 aliphatic rings. The molecule has 0 saturated carbocycles. The highest BCUT2D eigenvalue weighted by molar-refractivity contribution is 5.82. The van der Waals surface area contributed by atoms with Crippen molar-refractivity contribution in [1.82, 2.24) is 9.47 Å². The number of nitrogens with zero attached hydrogens (tertiary/aromatic N) is 2. The van der Waals surface area contributed by atoms with Gasteiger partial charge in [0.15, 0.2) is 6.61 Å². The van der Waals surface area contributed by atoms with E-state index in [4.69, 9.17) is 9.15 Å². The average Bonchev–Trinajstić information content (AvgIpc) is 2.72. The number of fused-ring (bicyclic) bond motifs is 5. The van der Waals surface area contributed by atoms with Crippen molar-refractivity contribution in [1.29, 1.82) is 0 Å². The highest BCUT2D eigenvalue weighted by Gasteiger charge is 2.36. The smallest absolute Gasteiger partial charge is 0.336 e. The van der Waals surface area contributed by atoms with Crippen molar-refractivity contribution in [3.8, 4) is 5.75 Å². The van der Waals surface area contributed by atoms with Crippen LogP contribution in [0.1, 0.15) is 23.6 Å². The van der Waals surface area contributed by atoms with E-state index in [0.717, 1.165) is 23.1 Å². The number of carbonyl (C=O) groups is 1. The predicted octanol–water partition coefficient (Wildman–Crippen LogP) is 2.29. The summed E-state index contributed by atoms with van der Waals surface area (Å²) in [5, 5.41) is 0.839. The van der Waals surface area contributed by atoms with Crippen LogP contribution in [0.25, 0.3) is 11.0 Å². The number of aryl methyl sites for hydroxylation is 1. The van der Waals surface area contributed by atoms with E-state index in [1.54, 1.807) is 24.3 Å². The quantitative estimate of drug-likeness (QED) is 0.624. The summed E-state index contributed by atoms with van der Waals surface area (Å²) in [6.45, 7) is 3.64. The van der Waals surface area contributed by atoms with Gasteiger partial charge >= 0.3 is 5.63 Å². The zero-order valence-corrected chi connectivity index (χ0v) is 16.7. The molecule has 0 N–H and O–H groups in total. The van der Waals surface area contributed by atoms with Gasteiger partial charge in [0.05, 0.1) is 0 Å². The second-order valence-electron chi connectivity index (χ2n) is 8.19. The van der Waals surface area contributed by atoms with Crippen LogP contribution in [0.3, 0.4) is 0 Å². The van der Waals surface area contributed by atoms with Crippen LogP contribution in [0.2, 0.25) is 0 Å². The predicted molar refractivity (Wildman–Crippen MR) is 111 cm³/mol. The number of rotatable bonds is 3. The number of pyridine rings is 1. The zero-order valence-electron chi connectivity index (χ0n) is 16.7. The molecule has 1 aromatic carbocycles. The molecule has 1 saturated heterocycles. The van der Waals surface area contributed by atoms with Gasteiger partial charge in [-0.05, 0) is 43.0 Å². The molecule has 7 heteroatoms. The monoisotopic (exact) mass is 406 g/mol. The number of hydrogen-bond acceptors (Lipinski definition) is 5. The van der Waals surface area contributed by atoms with Gasteiger partial charge in [0, 0.05) is 54.8 Å². The van der Waals surface area contributed by atoms with E-state index in [0.29, 0.717) is 31.0 Å². The highest BCUT2D eigenvalue weighted by atomic mass is 16.5. The first kappa shape index (κ1) is 18.7. The Labute approximate surface area is 172 Å². The van der Waals surface area contributed by atoms with Crippen molar-refractivity contribution in [3.05, 3.63) is 74.5 Å². The third-order valence-electron chi connectivity index (χ3n) is 6.12.